The minimum atomic E-state index is 0.578. The average molecular weight is 334 g/mol. The highest BCUT2D eigenvalue weighted by Crippen LogP contribution is 2.34. The lowest BCUT2D eigenvalue weighted by Crippen LogP contribution is -1.94. The van der Waals surface area contributed by atoms with Crippen molar-refractivity contribution in [3.8, 4) is 0 Å². The van der Waals surface area contributed by atoms with Gasteiger partial charge in [-0.2, -0.15) is 0 Å². The molecule has 0 aliphatic heterocycles. The van der Waals surface area contributed by atoms with E-state index in [-0.39, 0.29) is 0 Å². The molecule has 0 fully saturated rings. The first kappa shape index (κ1) is 15.0. The van der Waals surface area contributed by atoms with E-state index in [1.54, 1.807) is 0 Å². The molecule has 0 amide bonds. The molecule has 0 heterocycles. The van der Waals surface area contributed by atoms with Crippen molar-refractivity contribution in [3.05, 3.63) is 66.6 Å². The second-order valence-corrected chi connectivity index (χ2v) is 6.03. The van der Waals surface area contributed by atoms with Gasteiger partial charge >= 0.3 is 0 Å². The van der Waals surface area contributed by atoms with E-state index >= 15 is 0 Å². The van der Waals surface area contributed by atoms with Crippen LogP contribution in [-0.2, 0) is 6.42 Å². The van der Waals surface area contributed by atoms with Crippen molar-refractivity contribution in [3.63, 3.8) is 0 Å². The molecule has 0 saturated carbocycles. The first-order chi connectivity index (χ1) is 8.91. The largest absolute Gasteiger partial charge is 0.0824 e. The number of hydrogen-bond acceptors (Lipinski definition) is 0. The van der Waals surface area contributed by atoms with Gasteiger partial charge in [-0.25, -0.2) is 0 Å². The summed E-state index contributed by atoms with van der Waals surface area (Å²) in [6.07, 6.45) is 0.609. The van der Waals surface area contributed by atoms with E-state index in [0.29, 0.717) is 26.5 Å². The van der Waals surface area contributed by atoms with Gasteiger partial charge in [0.1, 0.15) is 0 Å². The predicted molar refractivity (Wildman–Crippen MR) is 85.2 cm³/mol. The molecule has 2 aromatic carbocycles. The molecule has 0 saturated heterocycles. The molecule has 2 aromatic rings. The van der Waals surface area contributed by atoms with Gasteiger partial charge in [-0.15, -0.1) is 0 Å². The molecular formula is C15H12Cl4. The van der Waals surface area contributed by atoms with E-state index in [1.165, 1.54) is 0 Å². The fraction of sp³-hybridized carbons (Fsp3) is 0.200. The van der Waals surface area contributed by atoms with E-state index in [0.717, 1.165) is 22.3 Å². The average Bonchev–Trinajstić information content (AvgIpc) is 2.39. The number of halogens is 4. The molecule has 0 unspecified atom stereocenters. The maximum absolute atomic E-state index is 6.26. The van der Waals surface area contributed by atoms with Crippen molar-refractivity contribution in [1.82, 2.24) is 0 Å². The Morgan fingerprint density at radius 1 is 0.632 bits per heavy atom. The quantitative estimate of drug-likeness (QED) is 0.587. The van der Waals surface area contributed by atoms with Crippen LogP contribution in [0.25, 0.3) is 0 Å². The second kappa shape index (κ2) is 5.93. The first-order valence-corrected chi connectivity index (χ1v) is 7.30. The lowest BCUT2D eigenvalue weighted by atomic mass is 10.0. The van der Waals surface area contributed by atoms with Gasteiger partial charge in [-0.3, -0.25) is 0 Å². The van der Waals surface area contributed by atoms with Gasteiger partial charge < -0.3 is 0 Å². The topological polar surface area (TPSA) is 0 Å². The molecule has 0 aliphatic carbocycles. The van der Waals surface area contributed by atoms with Crippen LogP contribution in [0.2, 0.25) is 20.1 Å². The van der Waals surface area contributed by atoms with Crippen molar-refractivity contribution in [2.45, 2.75) is 20.3 Å². The van der Waals surface area contributed by atoms with Crippen LogP contribution in [0.3, 0.4) is 0 Å². The highest BCUT2D eigenvalue weighted by molar-refractivity contribution is 6.43. The zero-order valence-electron chi connectivity index (χ0n) is 10.5. The van der Waals surface area contributed by atoms with Crippen molar-refractivity contribution in [2.75, 3.05) is 0 Å². The van der Waals surface area contributed by atoms with Gasteiger partial charge in [0, 0.05) is 6.42 Å². The van der Waals surface area contributed by atoms with Crippen LogP contribution in [0.4, 0.5) is 0 Å². The summed E-state index contributed by atoms with van der Waals surface area (Å²) in [5.41, 5.74) is 3.81. The molecule has 0 aromatic heterocycles. The molecular weight excluding hydrogens is 322 g/mol. The molecule has 4 heteroatoms. The Labute approximate surface area is 133 Å². The van der Waals surface area contributed by atoms with Gasteiger partial charge in [0.25, 0.3) is 0 Å². The Morgan fingerprint density at radius 2 is 1.00 bits per heavy atom. The minimum absolute atomic E-state index is 0.578. The van der Waals surface area contributed by atoms with Crippen LogP contribution in [-0.4, -0.2) is 0 Å². The Kier molecular flexibility index (Phi) is 4.68. The molecule has 0 nitrogen and oxygen atoms in total. The van der Waals surface area contributed by atoms with Crippen molar-refractivity contribution < 1.29 is 0 Å². The maximum atomic E-state index is 6.26. The summed E-state index contributed by atoms with van der Waals surface area (Å²) in [5, 5.41) is 2.34. The summed E-state index contributed by atoms with van der Waals surface area (Å²) < 4.78 is 0. The van der Waals surface area contributed by atoms with Crippen LogP contribution in [0.5, 0.6) is 0 Å². The second-order valence-electron chi connectivity index (χ2n) is 4.52. The summed E-state index contributed by atoms with van der Waals surface area (Å²) in [6, 6.07) is 7.84. The summed E-state index contributed by atoms with van der Waals surface area (Å²) in [5.74, 6) is 0. The van der Waals surface area contributed by atoms with Gasteiger partial charge in [0.15, 0.2) is 0 Å². The maximum Gasteiger partial charge on any atom is 0.0630 e. The monoisotopic (exact) mass is 332 g/mol. The van der Waals surface area contributed by atoms with E-state index in [4.69, 9.17) is 46.4 Å². The minimum Gasteiger partial charge on any atom is -0.0824 e. The SMILES string of the molecule is Cc1ccc(Cc2ccc(C)c(Cl)c2Cl)c(Cl)c1Cl. The predicted octanol–water partition coefficient (Wildman–Crippen LogP) is 6.51. The molecule has 0 radical (unpaired) electrons. The zero-order chi connectivity index (χ0) is 14.2. The molecule has 0 spiro atoms. The summed E-state index contributed by atoms with van der Waals surface area (Å²) in [4.78, 5) is 0. The van der Waals surface area contributed by atoms with E-state index in [2.05, 4.69) is 0 Å². The number of benzene rings is 2. The highest BCUT2D eigenvalue weighted by Gasteiger charge is 2.12. The number of rotatable bonds is 2. The van der Waals surface area contributed by atoms with Crippen LogP contribution in [0.15, 0.2) is 24.3 Å². The van der Waals surface area contributed by atoms with Gasteiger partial charge in [0.05, 0.1) is 20.1 Å². The number of hydrogen-bond donors (Lipinski definition) is 0. The van der Waals surface area contributed by atoms with Crippen LogP contribution in [0, 0.1) is 13.8 Å². The van der Waals surface area contributed by atoms with Gasteiger partial charge in [-0.1, -0.05) is 70.7 Å². The smallest absolute Gasteiger partial charge is 0.0630 e. The molecule has 100 valence electrons. The lowest BCUT2D eigenvalue weighted by Gasteiger charge is -2.11. The normalized spacial score (nSPS) is 10.8. The van der Waals surface area contributed by atoms with E-state index < -0.39 is 0 Å². The third kappa shape index (κ3) is 3.03. The van der Waals surface area contributed by atoms with Crippen molar-refractivity contribution in [1.29, 1.82) is 0 Å². The standard InChI is InChI=1S/C15H12Cl4/c1-8-3-5-10(14(18)12(8)16)7-11-6-4-9(2)13(17)15(11)19/h3-6H,7H2,1-2H3. The van der Waals surface area contributed by atoms with Gasteiger partial charge in [-0.05, 0) is 36.1 Å². The third-order valence-corrected chi connectivity index (χ3v) is 5.12. The van der Waals surface area contributed by atoms with E-state index in [9.17, 15) is 0 Å². The number of aryl methyl sites for hydroxylation is 2. The highest BCUT2D eigenvalue weighted by atomic mass is 35.5. The van der Waals surface area contributed by atoms with Crippen LogP contribution in [0.1, 0.15) is 22.3 Å². The molecule has 2 rings (SSSR count). The Bertz CT molecular complexity index is 577. The van der Waals surface area contributed by atoms with E-state index in [1.807, 2.05) is 38.1 Å². The first-order valence-electron chi connectivity index (χ1n) is 5.78. The molecule has 0 atom stereocenters. The molecule has 19 heavy (non-hydrogen) atoms. The molecule has 0 bridgehead atoms. The Balaban J connectivity index is 2.43. The summed E-state index contributed by atoms with van der Waals surface area (Å²) in [6.45, 7) is 3.85. The molecule has 0 N–H and O–H groups in total. The zero-order valence-corrected chi connectivity index (χ0v) is 13.6. The van der Waals surface area contributed by atoms with Crippen LogP contribution < -0.4 is 0 Å². The third-order valence-electron chi connectivity index (χ3n) is 3.09. The fourth-order valence-electron chi connectivity index (χ4n) is 1.85. The molecule has 0 aliphatic rings. The Morgan fingerprint density at radius 3 is 1.37 bits per heavy atom. The van der Waals surface area contributed by atoms with Gasteiger partial charge in [0.2, 0.25) is 0 Å². The van der Waals surface area contributed by atoms with Crippen molar-refractivity contribution >= 4 is 46.4 Å². The van der Waals surface area contributed by atoms with Crippen LogP contribution >= 0.6 is 46.4 Å². The lowest BCUT2D eigenvalue weighted by molar-refractivity contribution is 1.18. The summed E-state index contributed by atoms with van der Waals surface area (Å²) >= 11 is 24.8. The summed E-state index contributed by atoms with van der Waals surface area (Å²) in [7, 11) is 0. The fourth-order valence-corrected chi connectivity index (χ4v) is 2.78. The van der Waals surface area contributed by atoms with Crippen molar-refractivity contribution in [2.24, 2.45) is 0 Å². The Hall–Kier alpha value is -0.400.